The average molecular weight is 156 g/mol. The van der Waals surface area contributed by atoms with E-state index in [2.05, 4.69) is 5.32 Å². The molecule has 1 aliphatic rings. The van der Waals surface area contributed by atoms with Gasteiger partial charge in [-0.25, -0.2) is 0 Å². The van der Waals surface area contributed by atoms with Crippen LogP contribution in [-0.2, 0) is 14.3 Å². The molecule has 11 heavy (non-hydrogen) atoms. The zero-order chi connectivity index (χ0) is 8.10. The summed E-state index contributed by atoms with van der Waals surface area (Å²) in [6.07, 6.45) is 2.91. The predicted octanol–water partition coefficient (Wildman–Crippen LogP) is -0.609. The van der Waals surface area contributed by atoms with Gasteiger partial charge >= 0.3 is 0 Å². The van der Waals surface area contributed by atoms with E-state index in [1.807, 2.05) is 0 Å². The van der Waals surface area contributed by atoms with Gasteiger partial charge in [-0.1, -0.05) is 0 Å². The number of amides is 1. The molecule has 1 fully saturated rings. The molecule has 1 atom stereocenters. The molecule has 4 nitrogen and oxygen atoms in total. The van der Waals surface area contributed by atoms with Gasteiger partial charge in [-0.15, -0.1) is 0 Å². The molecule has 0 aromatic heterocycles. The van der Waals surface area contributed by atoms with Gasteiger partial charge in [0.2, 0.25) is 12.2 Å². The Morgan fingerprint density at radius 1 is 1.73 bits per heavy atom. The third kappa shape index (κ3) is 2.31. The van der Waals surface area contributed by atoms with Crippen molar-refractivity contribution in [2.45, 2.75) is 18.9 Å². The quantitative estimate of drug-likeness (QED) is 0.593. The maximum atomic E-state index is 11.0. The van der Waals surface area contributed by atoms with Crippen molar-refractivity contribution < 1.29 is 14.3 Å². The van der Waals surface area contributed by atoms with Crippen molar-refractivity contribution in [3.63, 3.8) is 0 Å². The fourth-order valence-corrected chi connectivity index (χ4v) is 1.02. The van der Waals surface area contributed by atoms with E-state index in [9.17, 15) is 9.59 Å². The van der Waals surface area contributed by atoms with Crippen LogP contribution in [-0.4, -0.2) is 31.4 Å². The van der Waals surface area contributed by atoms with Crippen molar-refractivity contribution in [2.24, 2.45) is 0 Å². The van der Waals surface area contributed by atoms with Crippen LogP contribution in [0.1, 0.15) is 12.8 Å². The number of hydrogen-bond acceptors (Lipinski definition) is 3. The monoisotopic (exact) mass is 156 g/mol. The Kier molecular flexibility index (Phi) is 3.04. The van der Waals surface area contributed by atoms with Crippen molar-refractivity contribution in [1.82, 2.24) is 5.32 Å². The molecule has 1 aliphatic heterocycles. The molecule has 0 spiro atoms. The molecule has 4 heteroatoms. The van der Waals surface area contributed by atoms with E-state index >= 15 is 0 Å². The third-order valence-electron chi connectivity index (χ3n) is 1.56. The lowest BCUT2D eigenvalue weighted by molar-refractivity contribution is -0.129. The Hall–Kier alpha value is -0.900. The van der Waals surface area contributed by atoms with Crippen molar-refractivity contribution in [3.8, 4) is 0 Å². The predicted molar refractivity (Wildman–Crippen MR) is 37.7 cm³/mol. The van der Waals surface area contributed by atoms with Crippen LogP contribution in [0.5, 0.6) is 0 Å². The molecule has 1 amide bonds. The fraction of sp³-hybridized carbons (Fsp3) is 0.714. The van der Waals surface area contributed by atoms with Crippen LogP contribution < -0.4 is 5.32 Å². The third-order valence-corrected chi connectivity index (χ3v) is 1.56. The highest BCUT2D eigenvalue weighted by Gasteiger charge is 2.22. The van der Waals surface area contributed by atoms with E-state index in [0.29, 0.717) is 6.61 Å². The minimum absolute atomic E-state index is 0.0430. The van der Waals surface area contributed by atoms with Crippen molar-refractivity contribution >= 4 is 12.2 Å². The highest BCUT2D eigenvalue weighted by molar-refractivity contribution is 5.82. The van der Waals surface area contributed by atoms with Crippen molar-refractivity contribution in [2.75, 3.05) is 13.2 Å². The van der Waals surface area contributed by atoms with Crippen molar-refractivity contribution in [1.29, 1.82) is 0 Å². The number of nitrogens with one attached hydrogen (secondary N) is 1. The number of ether oxygens (including phenoxy) is 1. The first kappa shape index (κ1) is 8.20. The molecule has 0 bridgehead atoms. The molecule has 1 rings (SSSR count). The Bertz CT molecular complexity index is 152. The van der Waals surface area contributed by atoms with Gasteiger partial charge in [0.05, 0.1) is 6.54 Å². The summed E-state index contributed by atoms with van der Waals surface area (Å²) in [5.74, 6) is -0.203. The van der Waals surface area contributed by atoms with Gasteiger partial charge in [-0.3, -0.25) is 9.59 Å². The second kappa shape index (κ2) is 4.08. The average Bonchev–Trinajstić information content (AvgIpc) is 2.52. The smallest absolute Gasteiger partial charge is 0.249 e. The molecule has 0 aromatic carbocycles. The lowest BCUT2D eigenvalue weighted by Gasteiger charge is -2.06. The lowest BCUT2D eigenvalue weighted by atomic mass is 10.2. The van der Waals surface area contributed by atoms with E-state index in [4.69, 9.17) is 4.74 Å². The maximum Gasteiger partial charge on any atom is 0.249 e. The van der Waals surface area contributed by atoms with Gasteiger partial charge in [0.1, 0.15) is 6.10 Å². The zero-order valence-corrected chi connectivity index (χ0v) is 6.13. The zero-order valence-electron chi connectivity index (χ0n) is 6.13. The maximum absolute atomic E-state index is 11.0. The molecular formula is C7H10NO3. The van der Waals surface area contributed by atoms with Gasteiger partial charge in [0.15, 0.2) is 0 Å². The highest BCUT2D eigenvalue weighted by atomic mass is 16.5. The van der Waals surface area contributed by atoms with Gasteiger partial charge < -0.3 is 10.1 Å². The van der Waals surface area contributed by atoms with Crippen LogP contribution in [0.2, 0.25) is 0 Å². The van der Waals surface area contributed by atoms with E-state index in [1.54, 1.807) is 6.29 Å². The first-order valence-corrected chi connectivity index (χ1v) is 3.59. The van der Waals surface area contributed by atoms with Gasteiger partial charge in [-0.2, -0.15) is 0 Å². The highest BCUT2D eigenvalue weighted by Crippen LogP contribution is 2.11. The van der Waals surface area contributed by atoms with E-state index in [1.165, 1.54) is 0 Å². The molecule has 0 aliphatic carbocycles. The van der Waals surface area contributed by atoms with Gasteiger partial charge in [-0.05, 0) is 12.8 Å². The number of carbonyl (C=O) groups is 1. The number of rotatable bonds is 3. The standard InChI is InChI=1S/C7H10NO3/c9-4-3-8-7(10)6-2-1-5-11-6/h6H,1-3,5H2,(H,8,10). The molecular weight excluding hydrogens is 146 g/mol. The van der Waals surface area contributed by atoms with Crippen LogP contribution in [0.25, 0.3) is 0 Å². The summed E-state index contributed by atoms with van der Waals surface area (Å²) in [6.45, 7) is 0.599. The lowest BCUT2D eigenvalue weighted by Crippen LogP contribution is -2.35. The molecule has 61 valence electrons. The van der Waals surface area contributed by atoms with Crippen LogP contribution in [0, 0.1) is 0 Å². The Morgan fingerprint density at radius 2 is 2.55 bits per heavy atom. The van der Waals surface area contributed by atoms with Crippen molar-refractivity contribution in [3.05, 3.63) is 0 Å². The summed E-state index contributed by atoms with van der Waals surface area (Å²) in [6, 6.07) is 0. The SMILES string of the molecule is O=[C]CNC(=O)C1CCCO1. The van der Waals surface area contributed by atoms with Crippen LogP contribution in [0.15, 0.2) is 0 Å². The fourth-order valence-electron chi connectivity index (χ4n) is 1.02. The Labute approximate surface area is 64.9 Å². The summed E-state index contributed by atoms with van der Waals surface area (Å²) >= 11 is 0. The van der Waals surface area contributed by atoms with E-state index in [0.717, 1.165) is 12.8 Å². The molecule has 0 aromatic rings. The van der Waals surface area contributed by atoms with Crippen LogP contribution in [0.3, 0.4) is 0 Å². The Balaban J connectivity index is 2.22. The summed E-state index contributed by atoms with van der Waals surface area (Å²) in [5, 5.41) is 2.39. The second-order valence-corrected chi connectivity index (χ2v) is 2.36. The van der Waals surface area contributed by atoms with E-state index < -0.39 is 0 Å². The topological polar surface area (TPSA) is 55.4 Å². The van der Waals surface area contributed by atoms with Crippen LogP contribution >= 0.6 is 0 Å². The molecule has 1 N–H and O–H groups in total. The first-order valence-electron chi connectivity index (χ1n) is 3.59. The molecule has 1 heterocycles. The molecule has 1 unspecified atom stereocenters. The van der Waals surface area contributed by atoms with Gasteiger partial charge in [0.25, 0.3) is 0 Å². The largest absolute Gasteiger partial charge is 0.368 e. The van der Waals surface area contributed by atoms with E-state index in [-0.39, 0.29) is 18.6 Å². The minimum Gasteiger partial charge on any atom is -0.368 e. The normalized spacial score (nSPS) is 23.1. The summed E-state index contributed by atoms with van der Waals surface area (Å²) in [4.78, 5) is 20.7. The molecule has 0 saturated carbocycles. The molecule has 1 radical (unpaired) electrons. The first-order chi connectivity index (χ1) is 5.34. The summed E-state index contributed by atoms with van der Waals surface area (Å²) in [7, 11) is 0. The van der Waals surface area contributed by atoms with Crippen LogP contribution in [0.4, 0.5) is 0 Å². The number of hydrogen-bond donors (Lipinski definition) is 1. The minimum atomic E-state index is -0.344. The second-order valence-electron chi connectivity index (χ2n) is 2.36. The summed E-state index contributed by atoms with van der Waals surface area (Å²) < 4.78 is 5.07. The Morgan fingerprint density at radius 3 is 3.09 bits per heavy atom. The summed E-state index contributed by atoms with van der Waals surface area (Å²) in [5.41, 5.74) is 0. The number of carbonyl (C=O) groups excluding carboxylic acids is 2. The van der Waals surface area contributed by atoms with Gasteiger partial charge in [0, 0.05) is 6.61 Å². The molecule has 1 saturated heterocycles.